The molecule has 0 aromatic carbocycles. The SMILES string of the molecule is O=C(CN1CCN(c2sccc2[N+](=O)[O-])CC1)Nc1nncs1. The lowest BCUT2D eigenvalue weighted by Crippen LogP contribution is -2.48. The van der Waals surface area contributed by atoms with E-state index in [0.29, 0.717) is 36.3 Å². The average Bonchev–Trinajstić information content (AvgIpc) is 3.18. The Morgan fingerprint density at radius 1 is 1.35 bits per heavy atom. The Morgan fingerprint density at radius 2 is 2.13 bits per heavy atom. The van der Waals surface area contributed by atoms with Gasteiger partial charge in [-0.3, -0.25) is 25.1 Å². The van der Waals surface area contributed by atoms with Gasteiger partial charge in [-0.2, -0.15) is 0 Å². The summed E-state index contributed by atoms with van der Waals surface area (Å²) in [6.45, 7) is 2.96. The molecule has 3 heterocycles. The Kier molecular flexibility index (Phi) is 4.79. The first-order chi connectivity index (χ1) is 11.1. The smallest absolute Gasteiger partial charge is 0.303 e. The first kappa shape index (κ1) is 15.8. The highest BCUT2D eigenvalue weighted by molar-refractivity contribution is 7.14. The van der Waals surface area contributed by atoms with Crippen molar-refractivity contribution in [3.8, 4) is 0 Å². The monoisotopic (exact) mass is 354 g/mol. The van der Waals surface area contributed by atoms with Crippen LogP contribution in [0.1, 0.15) is 0 Å². The van der Waals surface area contributed by atoms with Crippen molar-refractivity contribution in [2.45, 2.75) is 0 Å². The van der Waals surface area contributed by atoms with Crippen LogP contribution in [0, 0.1) is 10.1 Å². The topological polar surface area (TPSA) is 104 Å². The molecule has 2 aromatic rings. The van der Waals surface area contributed by atoms with E-state index in [4.69, 9.17) is 0 Å². The van der Waals surface area contributed by atoms with E-state index in [0.717, 1.165) is 0 Å². The summed E-state index contributed by atoms with van der Waals surface area (Å²) in [4.78, 5) is 26.6. The molecule has 2 aromatic heterocycles. The largest absolute Gasteiger partial charge is 0.355 e. The predicted octanol–water partition coefficient (Wildman–Crippen LogP) is 1.27. The number of hydrogen-bond donors (Lipinski definition) is 1. The minimum absolute atomic E-state index is 0.127. The summed E-state index contributed by atoms with van der Waals surface area (Å²) in [7, 11) is 0. The minimum atomic E-state index is -0.353. The third-order valence-corrected chi connectivity index (χ3v) is 5.02. The molecule has 0 saturated carbocycles. The maximum atomic E-state index is 11.9. The fourth-order valence-electron chi connectivity index (χ4n) is 2.37. The van der Waals surface area contributed by atoms with Crippen LogP contribution < -0.4 is 10.2 Å². The zero-order valence-corrected chi connectivity index (χ0v) is 13.7. The van der Waals surface area contributed by atoms with Gasteiger partial charge in [0.1, 0.15) is 5.51 Å². The summed E-state index contributed by atoms with van der Waals surface area (Å²) in [5.74, 6) is -0.127. The lowest BCUT2D eigenvalue weighted by Gasteiger charge is -2.34. The van der Waals surface area contributed by atoms with Crippen molar-refractivity contribution in [1.29, 1.82) is 0 Å². The molecule has 1 aliphatic rings. The summed E-state index contributed by atoms with van der Waals surface area (Å²) >= 11 is 2.65. The van der Waals surface area contributed by atoms with Gasteiger partial charge in [0.2, 0.25) is 11.0 Å². The molecule has 1 fully saturated rings. The first-order valence-electron chi connectivity index (χ1n) is 6.88. The molecule has 0 spiro atoms. The standard InChI is InChI=1S/C12H14N6O3S2/c19-10(14-12-15-13-8-23-12)7-16-2-4-17(5-3-16)11-9(18(20)21)1-6-22-11/h1,6,8H,2-5,7H2,(H,14,15,19). The van der Waals surface area contributed by atoms with Gasteiger partial charge in [-0.15, -0.1) is 21.5 Å². The normalized spacial score (nSPS) is 15.6. The molecule has 3 rings (SSSR count). The summed E-state index contributed by atoms with van der Waals surface area (Å²) in [5, 5.41) is 24.0. The highest BCUT2D eigenvalue weighted by atomic mass is 32.1. The van der Waals surface area contributed by atoms with Gasteiger partial charge >= 0.3 is 5.69 Å². The van der Waals surface area contributed by atoms with Crippen LogP contribution >= 0.6 is 22.7 Å². The van der Waals surface area contributed by atoms with Crippen LogP contribution in [0.15, 0.2) is 17.0 Å². The Balaban J connectivity index is 1.51. The second kappa shape index (κ2) is 6.98. The molecule has 1 aliphatic heterocycles. The molecule has 1 amide bonds. The number of aromatic nitrogens is 2. The number of nitrogens with zero attached hydrogens (tertiary/aromatic N) is 5. The summed E-state index contributed by atoms with van der Waals surface area (Å²) in [6, 6.07) is 1.53. The van der Waals surface area contributed by atoms with Crippen LogP contribution in [0.3, 0.4) is 0 Å². The lowest BCUT2D eigenvalue weighted by atomic mass is 10.3. The van der Waals surface area contributed by atoms with Crippen molar-refractivity contribution in [1.82, 2.24) is 15.1 Å². The van der Waals surface area contributed by atoms with Crippen LogP contribution in [-0.2, 0) is 4.79 Å². The van der Waals surface area contributed by atoms with Crippen molar-refractivity contribution < 1.29 is 9.72 Å². The molecule has 0 bridgehead atoms. The third-order valence-electron chi connectivity index (χ3n) is 3.45. The van der Waals surface area contributed by atoms with E-state index in [1.807, 2.05) is 9.80 Å². The Labute approximate surface area is 139 Å². The second-order valence-corrected chi connectivity index (χ2v) is 6.65. The summed E-state index contributed by atoms with van der Waals surface area (Å²) < 4.78 is 0. The number of nitrogens with one attached hydrogen (secondary N) is 1. The van der Waals surface area contributed by atoms with Gasteiger partial charge < -0.3 is 4.90 Å². The number of nitro groups is 1. The predicted molar refractivity (Wildman–Crippen MR) is 88.2 cm³/mol. The molecule has 9 nitrogen and oxygen atoms in total. The fourth-order valence-corrected chi connectivity index (χ4v) is 3.75. The number of rotatable bonds is 5. The van der Waals surface area contributed by atoms with Crippen molar-refractivity contribution in [3.05, 3.63) is 27.1 Å². The van der Waals surface area contributed by atoms with E-state index in [1.54, 1.807) is 10.9 Å². The number of piperazine rings is 1. The van der Waals surface area contributed by atoms with Gasteiger partial charge in [0.05, 0.1) is 11.5 Å². The van der Waals surface area contributed by atoms with Crippen molar-refractivity contribution >= 4 is 44.4 Å². The number of carbonyl (C=O) groups excluding carboxylic acids is 1. The van der Waals surface area contributed by atoms with Gasteiger partial charge in [0, 0.05) is 32.2 Å². The van der Waals surface area contributed by atoms with E-state index in [1.165, 1.54) is 28.7 Å². The van der Waals surface area contributed by atoms with Crippen LogP contribution in [-0.4, -0.2) is 58.7 Å². The van der Waals surface area contributed by atoms with Crippen LogP contribution in [0.5, 0.6) is 0 Å². The quantitative estimate of drug-likeness (QED) is 0.637. The zero-order valence-electron chi connectivity index (χ0n) is 12.0. The minimum Gasteiger partial charge on any atom is -0.355 e. The molecule has 0 aliphatic carbocycles. The highest BCUT2D eigenvalue weighted by Crippen LogP contribution is 2.34. The summed E-state index contributed by atoms with van der Waals surface area (Å²) in [5.41, 5.74) is 1.71. The number of anilines is 2. The van der Waals surface area contributed by atoms with Gasteiger partial charge in [-0.25, -0.2) is 0 Å². The maximum Gasteiger partial charge on any atom is 0.303 e. The second-order valence-electron chi connectivity index (χ2n) is 4.92. The molecule has 0 unspecified atom stereocenters. The van der Waals surface area contributed by atoms with Gasteiger partial charge in [0.15, 0.2) is 5.00 Å². The van der Waals surface area contributed by atoms with Crippen LogP contribution in [0.2, 0.25) is 0 Å². The molecule has 11 heteroatoms. The molecule has 0 radical (unpaired) electrons. The van der Waals surface area contributed by atoms with Crippen molar-refractivity contribution in [3.63, 3.8) is 0 Å². The average molecular weight is 354 g/mol. The zero-order chi connectivity index (χ0) is 16.2. The Hall–Kier alpha value is -2.11. The van der Waals surface area contributed by atoms with E-state index in [2.05, 4.69) is 15.5 Å². The van der Waals surface area contributed by atoms with Crippen molar-refractivity contribution in [2.24, 2.45) is 0 Å². The van der Waals surface area contributed by atoms with E-state index >= 15 is 0 Å². The summed E-state index contributed by atoms with van der Waals surface area (Å²) in [6.07, 6.45) is 0. The lowest BCUT2D eigenvalue weighted by molar-refractivity contribution is -0.383. The van der Waals surface area contributed by atoms with Crippen molar-refractivity contribution in [2.75, 3.05) is 42.9 Å². The Bertz CT molecular complexity index is 681. The molecule has 0 atom stereocenters. The Morgan fingerprint density at radius 3 is 2.78 bits per heavy atom. The highest BCUT2D eigenvalue weighted by Gasteiger charge is 2.25. The van der Waals surface area contributed by atoms with Gasteiger partial charge in [0.25, 0.3) is 0 Å². The fraction of sp³-hybridized carbons (Fsp3) is 0.417. The van der Waals surface area contributed by atoms with E-state index < -0.39 is 0 Å². The number of amides is 1. The molecule has 1 saturated heterocycles. The van der Waals surface area contributed by atoms with E-state index in [9.17, 15) is 14.9 Å². The van der Waals surface area contributed by atoms with Crippen LogP contribution in [0.4, 0.5) is 15.8 Å². The third kappa shape index (κ3) is 3.81. The molecule has 122 valence electrons. The molecular formula is C12H14N6O3S2. The van der Waals surface area contributed by atoms with Crippen LogP contribution in [0.25, 0.3) is 0 Å². The number of hydrogen-bond acceptors (Lipinski definition) is 9. The number of carbonyl (C=O) groups is 1. The molecule has 23 heavy (non-hydrogen) atoms. The van der Waals surface area contributed by atoms with Gasteiger partial charge in [-0.05, 0) is 5.38 Å². The van der Waals surface area contributed by atoms with Gasteiger partial charge in [-0.1, -0.05) is 11.3 Å². The molecular weight excluding hydrogens is 340 g/mol. The van der Waals surface area contributed by atoms with E-state index in [-0.39, 0.29) is 23.1 Å². The molecule has 1 N–H and O–H groups in total. The first-order valence-corrected chi connectivity index (χ1v) is 8.64. The maximum absolute atomic E-state index is 11.9. The number of thiophene rings is 1.